The summed E-state index contributed by atoms with van der Waals surface area (Å²) in [4.78, 5) is 0. The molecule has 0 heterocycles. The Kier molecular flexibility index (Phi) is 5.22. The van der Waals surface area contributed by atoms with Gasteiger partial charge in [-0.15, -0.1) is 0 Å². The zero-order valence-corrected chi connectivity index (χ0v) is 9.92. The molecule has 0 aromatic heterocycles. The number of rotatable bonds is 6. The van der Waals surface area contributed by atoms with E-state index in [-0.39, 0.29) is 17.7 Å². The molecule has 1 aromatic carbocycles. The molecular weight excluding hydrogens is 209 g/mol. The summed E-state index contributed by atoms with van der Waals surface area (Å²) < 4.78 is 24.0. The van der Waals surface area contributed by atoms with Gasteiger partial charge in [-0.3, -0.25) is 0 Å². The van der Waals surface area contributed by atoms with Gasteiger partial charge in [-0.1, -0.05) is 6.07 Å². The highest BCUT2D eigenvalue weighted by Gasteiger charge is 2.12. The van der Waals surface area contributed by atoms with Crippen molar-refractivity contribution < 1.29 is 13.9 Å². The number of halogens is 1. The van der Waals surface area contributed by atoms with Gasteiger partial charge in [-0.2, -0.15) is 0 Å². The zero-order chi connectivity index (χ0) is 12.0. The highest BCUT2D eigenvalue weighted by molar-refractivity contribution is 5.29. The van der Waals surface area contributed by atoms with Gasteiger partial charge in [0.25, 0.3) is 0 Å². The van der Waals surface area contributed by atoms with E-state index in [1.807, 2.05) is 14.0 Å². The van der Waals surface area contributed by atoms with Gasteiger partial charge in [0.05, 0.1) is 6.61 Å². The predicted octanol–water partition coefficient (Wildman–Crippen LogP) is 1.75. The van der Waals surface area contributed by atoms with E-state index in [0.717, 1.165) is 5.56 Å². The molecule has 0 saturated heterocycles. The van der Waals surface area contributed by atoms with Crippen LogP contribution in [0.3, 0.4) is 0 Å². The molecule has 3 nitrogen and oxygen atoms in total. The van der Waals surface area contributed by atoms with Crippen LogP contribution in [0, 0.1) is 12.7 Å². The SMILES string of the molecule is CNCC(COC)Oc1cc(C)ccc1F. The average Bonchev–Trinajstić information content (AvgIpc) is 2.24. The summed E-state index contributed by atoms with van der Waals surface area (Å²) in [6.07, 6.45) is -0.189. The van der Waals surface area contributed by atoms with Gasteiger partial charge in [-0.05, 0) is 31.7 Å². The van der Waals surface area contributed by atoms with E-state index in [1.54, 1.807) is 19.2 Å². The molecule has 0 aliphatic heterocycles. The topological polar surface area (TPSA) is 30.5 Å². The highest BCUT2D eigenvalue weighted by Crippen LogP contribution is 2.19. The Morgan fingerprint density at radius 2 is 2.19 bits per heavy atom. The smallest absolute Gasteiger partial charge is 0.165 e. The molecule has 4 heteroatoms. The Morgan fingerprint density at radius 1 is 1.44 bits per heavy atom. The Bertz CT molecular complexity index is 325. The summed E-state index contributed by atoms with van der Waals surface area (Å²) in [5.74, 6) is -0.0693. The first-order chi connectivity index (χ1) is 7.67. The summed E-state index contributed by atoms with van der Waals surface area (Å²) in [5.41, 5.74) is 0.969. The van der Waals surface area contributed by atoms with Crippen molar-refractivity contribution in [2.24, 2.45) is 0 Å². The van der Waals surface area contributed by atoms with Gasteiger partial charge < -0.3 is 14.8 Å². The van der Waals surface area contributed by atoms with Crippen molar-refractivity contribution >= 4 is 0 Å². The molecule has 0 spiro atoms. The summed E-state index contributed by atoms with van der Waals surface area (Å²) in [7, 11) is 3.41. The lowest BCUT2D eigenvalue weighted by Gasteiger charge is -2.18. The third-order valence-corrected chi connectivity index (χ3v) is 2.16. The Hall–Kier alpha value is -1.13. The maximum absolute atomic E-state index is 13.4. The fourth-order valence-corrected chi connectivity index (χ4v) is 1.43. The van der Waals surface area contributed by atoms with Crippen LogP contribution in [-0.4, -0.2) is 33.4 Å². The van der Waals surface area contributed by atoms with Crippen molar-refractivity contribution in [2.75, 3.05) is 27.3 Å². The molecule has 0 radical (unpaired) electrons. The van der Waals surface area contributed by atoms with Crippen LogP contribution in [0.1, 0.15) is 5.56 Å². The largest absolute Gasteiger partial charge is 0.484 e. The third kappa shape index (κ3) is 3.79. The molecular formula is C12H18FNO2. The lowest BCUT2D eigenvalue weighted by atomic mass is 10.2. The molecule has 90 valence electrons. The van der Waals surface area contributed by atoms with Crippen molar-refractivity contribution in [1.82, 2.24) is 5.32 Å². The van der Waals surface area contributed by atoms with Gasteiger partial charge in [0.2, 0.25) is 0 Å². The number of hydrogen-bond acceptors (Lipinski definition) is 3. The van der Waals surface area contributed by atoms with Gasteiger partial charge in [0, 0.05) is 13.7 Å². The molecule has 1 aromatic rings. The first-order valence-corrected chi connectivity index (χ1v) is 5.23. The highest BCUT2D eigenvalue weighted by atomic mass is 19.1. The molecule has 0 amide bonds. The van der Waals surface area contributed by atoms with Gasteiger partial charge in [-0.25, -0.2) is 4.39 Å². The number of aryl methyl sites for hydroxylation is 1. The molecule has 1 unspecified atom stereocenters. The minimum atomic E-state index is -0.345. The minimum Gasteiger partial charge on any atom is -0.484 e. The van der Waals surface area contributed by atoms with Crippen LogP contribution in [-0.2, 0) is 4.74 Å². The van der Waals surface area contributed by atoms with Crippen LogP contribution < -0.4 is 10.1 Å². The maximum Gasteiger partial charge on any atom is 0.165 e. The standard InChI is InChI=1S/C12H18FNO2/c1-9-4-5-11(13)12(6-9)16-10(7-14-2)8-15-3/h4-6,10,14H,7-8H2,1-3H3. The predicted molar refractivity (Wildman–Crippen MR) is 61.4 cm³/mol. The number of methoxy groups -OCH3 is 1. The minimum absolute atomic E-state index is 0.189. The second-order valence-electron chi connectivity index (χ2n) is 3.69. The second kappa shape index (κ2) is 6.45. The summed E-state index contributed by atoms with van der Waals surface area (Å²) in [5, 5.41) is 2.98. The van der Waals surface area contributed by atoms with E-state index in [4.69, 9.17) is 9.47 Å². The second-order valence-corrected chi connectivity index (χ2v) is 3.69. The monoisotopic (exact) mass is 227 g/mol. The van der Waals surface area contributed by atoms with Crippen LogP contribution in [0.15, 0.2) is 18.2 Å². The average molecular weight is 227 g/mol. The van der Waals surface area contributed by atoms with E-state index >= 15 is 0 Å². The zero-order valence-electron chi connectivity index (χ0n) is 9.92. The number of hydrogen-bond donors (Lipinski definition) is 1. The summed E-state index contributed by atoms with van der Waals surface area (Å²) in [6, 6.07) is 4.81. The molecule has 0 fully saturated rings. The van der Waals surface area contributed by atoms with Crippen LogP contribution in [0.2, 0.25) is 0 Å². The molecule has 16 heavy (non-hydrogen) atoms. The van der Waals surface area contributed by atoms with Gasteiger partial charge in [0.1, 0.15) is 6.10 Å². The van der Waals surface area contributed by atoms with Crippen LogP contribution in [0.4, 0.5) is 4.39 Å². The van der Waals surface area contributed by atoms with E-state index in [0.29, 0.717) is 13.2 Å². The number of benzene rings is 1. The fourth-order valence-electron chi connectivity index (χ4n) is 1.43. The van der Waals surface area contributed by atoms with E-state index in [2.05, 4.69) is 5.32 Å². The van der Waals surface area contributed by atoms with Gasteiger partial charge >= 0.3 is 0 Å². The van der Waals surface area contributed by atoms with E-state index in [1.165, 1.54) is 6.07 Å². The normalized spacial score (nSPS) is 12.5. The molecule has 0 aliphatic rings. The van der Waals surface area contributed by atoms with Crippen molar-refractivity contribution in [1.29, 1.82) is 0 Å². The molecule has 0 saturated carbocycles. The van der Waals surface area contributed by atoms with Crippen molar-refractivity contribution in [3.05, 3.63) is 29.6 Å². The van der Waals surface area contributed by atoms with Crippen LogP contribution in [0.25, 0.3) is 0 Å². The third-order valence-electron chi connectivity index (χ3n) is 2.16. The Labute approximate surface area is 95.6 Å². The molecule has 1 rings (SSSR count). The fraction of sp³-hybridized carbons (Fsp3) is 0.500. The van der Waals surface area contributed by atoms with Crippen molar-refractivity contribution in [3.8, 4) is 5.75 Å². The lowest BCUT2D eigenvalue weighted by molar-refractivity contribution is 0.0791. The molecule has 0 aliphatic carbocycles. The van der Waals surface area contributed by atoms with Crippen LogP contribution in [0.5, 0.6) is 5.75 Å². The quantitative estimate of drug-likeness (QED) is 0.803. The molecule has 1 atom stereocenters. The number of ether oxygens (including phenoxy) is 2. The lowest BCUT2D eigenvalue weighted by Crippen LogP contribution is -2.33. The first kappa shape index (κ1) is 12.9. The van der Waals surface area contributed by atoms with E-state index in [9.17, 15) is 4.39 Å². The van der Waals surface area contributed by atoms with E-state index < -0.39 is 0 Å². The van der Waals surface area contributed by atoms with Crippen molar-refractivity contribution in [2.45, 2.75) is 13.0 Å². The molecule has 1 N–H and O–H groups in total. The Balaban J connectivity index is 2.71. The summed E-state index contributed by atoms with van der Waals surface area (Å²) >= 11 is 0. The van der Waals surface area contributed by atoms with Crippen LogP contribution >= 0.6 is 0 Å². The first-order valence-electron chi connectivity index (χ1n) is 5.23. The number of likely N-dealkylation sites (N-methyl/N-ethyl adjacent to an activating group) is 1. The maximum atomic E-state index is 13.4. The molecule has 0 bridgehead atoms. The number of nitrogens with one attached hydrogen (secondary N) is 1. The summed E-state index contributed by atoms with van der Waals surface area (Å²) in [6.45, 7) is 2.94. The Morgan fingerprint density at radius 3 is 2.81 bits per heavy atom. The van der Waals surface area contributed by atoms with Crippen molar-refractivity contribution in [3.63, 3.8) is 0 Å². The van der Waals surface area contributed by atoms with Gasteiger partial charge in [0.15, 0.2) is 11.6 Å².